The Balaban J connectivity index is 4.27. The van der Waals surface area contributed by atoms with Gasteiger partial charge in [-0.05, 0) is 39.5 Å². The van der Waals surface area contributed by atoms with E-state index >= 15 is 0 Å². The maximum absolute atomic E-state index is 11.6. The highest BCUT2D eigenvalue weighted by Gasteiger charge is 2.24. The number of nitrogens with two attached hydrogens (primary N) is 1. The third kappa shape index (κ3) is 9.61. The molecule has 0 aromatic heterocycles. The number of hydrogen-bond acceptors (Lipinski definition) is 6. The summed E-state index contributed by atoms with van der Waals surface area (Å²) in [7, 11) is 1.29. The molecule has 7 heteroatoms. The predicted molar refractivity (Wildman–Crippen MR) is 76.2 cm³/mol. The number of amides is 1. The Hall–Kier alpha value is -0.950. The topological polar surface area (TPSA) is 90.6 Å². The minimum absolute atomic E-state index is 0.436. The molecule has 0 bridgehead atoms. The number of carbonyl (C=O) groups is 2. The Kier molecular flexibility index (Phi) is 8.58. The standard InChI is InChI=1S/C12H24N2O4S/c1-12(2,3)18-11(16)14-9(10(15)17-4)8-19-7-5-6-13/h9H,5-8,13H2,1-4H3,(H,14,16)/t9-/m0/s1. The Bertz CT molecular complexity index is 292. The highest BCUT2D eigenvalue weighted by Crippen LogP contribution is 2.09. The third-order valence-corrected chi connectivity index (χ3v) is 3.10. The zero-order valence-electron chi connectivity index (χ0n) is 12.0. The first-order valence-corrected chi connectivity index (χ1v) is 7.30. The van der Waals surface area contributed by atoms with Crippen molar-refractivity contribution in [2.24, 2.45) is 5.73 Å². The van der Waals surface area contributed by atoms with Crippen molar-refractivity contribution in [2.75, 3.05) is 25.2 Å². The van der Waals surface area contributed by atoms with E-state index in [1.54, 1.807) is 20.8 Å². The van der Waals surface area contributed by atoms with Crippen LogP contribution in [-0.2, 0) is 14.3 Å². The summed E-state index contributed by atoms with van der Waals surface area (Å²) in [4.78, 5) is 23.2. The molecule has 0 heterocycles. The number of hydrogen-bond donors (Lipinski definition) is 2. The summed E-state index contributed by atoms with van der Waals surface area (Å²) in [6, 6.07) is -0.706. The number of rotatable bonds is 7. The molecule has 0 saturated heterocycles. The first kappa shape index (κ1) is 18.0. The Morgan fingerprint density at radius 2 is 2.00 bits per heavy atom. The van der Waals surface area contributed by atoms with E-state index in [1.807, 2.05) is 0 Å². The van der Waals surface area contributed by atoms with E-state index in [9.17, 15) is 9.59 Å². The monoisotopic (exact) mass is 292 g/mol. The predicted octanol–water partition coefficient (Wildman–Crippen LogP) is 1.13. The van der Waals surface area contributed by atoms with Crippen molar-refractivity contribution < 1.29 is 19.1 Å². The Morgan fingerprint density at radius 3 is 2.47 bits per heavy atom. The second-order valence-corrected chi connectivity index (χ2v) is 6.09. The molecule has 1 amide bonds. The van der Waals surface area contributed by atoms with E-state index < -0.39 is 23.7 Å². The Morgan fingerprint density at radius 1 is 1.37 bits per heavy atom. The van der Waals surface area contributed by atoms with Gasteiger partial charge < -0.3 is 20.5 Å². The van der Waals surface area contributed by atoms with Gasteiger partial charge in [-0.1, -0.05) is 0 Å². The summed E-state index contributed by atoms with van der Waals surface area (Å²) in [5.74, 6) is 0.789. The molecule has 19 heavy (non-hydrogen) atoms. The van der Waals surface area contributed by atoms with E-state index in [2.05, 4.69) is 10.1 Å². The number of alkyl carbamates (subject to hydrolysis) is 1. The first-order valence-electron chi connectivity index (χ1n) is 6.15. The zero-order valence-corrected chi connectivity index (χ0v) is 12.8. The van der Waals surface area contributed by atoms with E-state index in [-0.39, 0.29) is 0 Å². The molecule has 112 valence electrons. The van der Waals surface area contributed by atoms with E-state index in [0.717, 1.165) is 12.2 Å². The normalized spacial score (nSPS) is 12.7. The molecular weight excluding hydrogens is 268 g/mol. The molecule has 0 aromatic carbocycles. The minimum Gasteiger partial charge on any atom is -0.467 e. The molecule has 0 aliphatic rings. The lowest BCUT2D eigenvalue weighted by atomic mass is 10.2. The van der Waals surface area contributed by atoms with E-state index in [0.29, 0.717) is 12.3 Å². The molecule has 0 spiro atoms. The highest BCUT2D eigenvalue weighted by atomic mass is 32.2. The SMILES string of the molecule is COC(=O)[C@H](CSCCCN)NC(=O)OC(C)(C)C. The van der Waals surface area contributed by atoms with Gasteiger partial charge in [0.15, 0.2) is 0 Å². The van der Waals surface area contributed by atoms with Crippen molar-refractivity contribution in [3.63, 3.8) is 0 Å². The van der Waals surface area contributed by atoms with Gasteiger partial charge in [-0.3, -0.25) is 0 Å². The van der Waals surface area contributed by atoms with Crippen LogP contribution in [0.3, 0.4) is 0 Å². The Labute approximate surface area is 118 Å². The van der Waals surface area contributed by atoms with Crippen molar-refractivity contribution in [1.82, 2.24) is 5.32 Å². The summed E-state index contributed by atoms with van der Waals surface area (Å²) >= 11 is 1.54. The van der Waals surface area contributed by atoms with Crippen LogP contribution in [0.25, 0.3) is 0 Å². The van der Waals surface area contributed by atoms with Crippen LogP contribution in [0.2, 0.25) is 0 Å². The number of ether oxygens (including phenoxy) is 2. The number of esters is 1. The van der Waals surface area contributed by atoms with Gasteiger partial charge in [-0.25, -0.2) is 9.59 Å². The van der Waals surface area contributed by atoms with Crippen LogP contribution in [-0.4, -0.2) is 48.9 Å². The molecule has 0 fully saturated rings. The third-order valence-electron chi connectivity index (χ3n) is 1.95. The van der Waals surface area contributed by atoms with Crippen molar-refractivity contribution in [2.45, 2.75) is 38.8 Å². The molecule has 0 rings (SSSR count). The van der Waals surface area contributed by atoms with Crippen LogP contribution >= 0.6 is 11.8 Å². The largest absolute Gasteiger partial charge is 0.467 e. The molecule has 1 atom stereocenters. The van der Waals surface area contributed by atoms with Crippen molar-refractivity contribution >= 4 is 23.8 Å². The summed E-state index contributed by atoms with van der Waals surface area (Å²) < 4.78 is 9.76. The molecule has 0 aliphatic carbocycles. The average molecular weight is 292 g/mol. The van der Waals surface area contributed by atoms with Crippen LogP contribution in [0, 0.1) is 0 Å². The second-order valence-electron chi connectivity index (χ2n) is 4.94. The lowest BCUT2D eigenvalue weighted by Crippen LogP contribution is -2.45. The van der Waals surface area contributed by atoms with E-state index in [4.69, 9.17) is 10.5 Å². The van der Waals surface area contributed by atoms with Gasteiger partial charge >= 0.3 is 12.1 Å². The number of thioether (sulfide) groups is 1. The van der Waals surface area contributed by atoms with Crippen LogP contribution in [0.1, 0.15) is 27.2 Å². The molecule has 0 aromatic rings. The molecule has 0 aliphatic heterocycles. The smallest absolute Gasteiger partial charge is 0.408 e. The van der Waals surface area contributed by atoms with Crippen LogP contribution in [0.15, 0.2) is 0 Å². The highest BCUT2D eigenvalue weighted by molar-refractivity contribution is 7.99. The summed E-state index contributed by atoms with van der Waals surface area (Å²) in [5.41, 5.74) is 4.79. The lowest BCUT2D eigenvalue weighted by molar-refractivity contribution is -0.142. The molecule has 0 saturated carbocycles. The second kappa shape index (κ2) is 9.03. The number of methoxy groups -OCH3 is 1. The van der Waals surface area contributed by atoms with Crippen LogP contribution < -0.4 is 11.1 Å². The molecule has 0 unspecified atom stereocenters. The van der Waals surface area contributed by atoms with Gasteiger partial charge in [-0.15, -0.1) is 0 Å². The fraction of sp³-hybridized carbons (Fsp3) is 0.833. The van der Waals surface area contributed by atoms with Crippen molar-refractivity contribution in [3.8, 4) is 0 Å². The van der Waals surface area contributed by atoms with Crippen molar-refractivity contribution in [3.05, 3.63) is 0 Å². The summed E-state index contributed by atoms with van der Waals surface area (Å²) in [5, 5.41) is 2.51. The fourth-order valence-corrected chi connectivity index (χ4v) is 2.14. The van der Waals surface area contributed by atoms with Crippen molar-refractivity contribution in [1.29, 1.82) is 0 Å². The molecule has 0 radical (unpaired) electrons. The van der Waals surface area contributed by atoms with Crippen LogP contribution in [0.4, 0.5) is 4.79 Å². The minimum atomic E-state index is -0.706. The average Bonchev–Trinajstić information content (AvgIpc) is 2.29. The first-order chi connectivity index (χ1) is 8.80. The van der Waals surface area contributed by atoms with Gasteiger partial charge in [-0.2, -0.15) is 11.8 Å². The molecular formula is C12H24N2O4S. The summed E-state index contributed by atoms with van der Waals surface area (Å²) in [6.45, 7) is 5.89. The quantitative estimate of drug-likeness (QED) is 0.540. The maximum Gasteiger partial charge on any atom is 0.408 e. The van der Waals surface area contributed by atoms with Gasteiger partial charge in [0.2, 0.25) is 0 Å². The van der Waals surface area contributed by atoms with Gasteiger partial charge in [0, 0.05) is 5.75 Å². The lowest BCUT2D eigenvalue weighted by Gasteiger charge is -2.22. The van der Waals surface area contributed by atoms with Gasteiger partial charge in [0.05, 0.1) is 7.11 Å². The summed E-state index contributed by atoms with van der Waals surface area (Å²) in [6.07, 6.45) is 0.243. The van der Waals surface area contributed by atoms with Gasteiger partial charge in [0.1, 0.15) is 11.6 Å². The van der Waals surface area contributed by atoms with E-state index in [1.165, 1.54) is 18.9 Å². The number of carbonyl (C=O) groups excluding carboxylic acids is 2. The zero-order chi connectivity index (χ0) is 14.9. The maximum atomic E-state index is 11.6. The van der Waals surface area contributed by atoms with Gasteiger partial charge in [0.25, 0.3) is 0 Å². The molecule has 6 nitrogen and oxygen atoms in total. The van der Waals surface area contributed by atoms with Crippen LogP contribution in [0.5, 0.6) is 0 Å². The fourth-order valence-electron chi connectivity index (χ4n) is 1.15. The number of nitrogens with one attached hydrogen (secondary N) is 1. The molecule has 3 N–H and O–H groups in total.